The number of aryl methyl sites for hydroxylation is 2. The zero-order valence-corrected chi connectivity index (χ0v) is 17.7. The van der Waals surface area contributed by atoms with Gasteiger partial charge in [-0.3, -0.25) is 4.79 Å². The van der Waals surface area contributed by atoms with Crippen molar-refractivity contribution in [1.29, 1.82) is 0 Å². The lowest BCUT2D eigenvalue weighted by atomic mass is 10.1. The van der Waals surface area contributed by atoms with Crippen LogP contribution in [0.3, 0.4) is 0 Å². The third-order valence-corrected chi connectivity index (χ3v) is 7.74. The molecule has 0 aliphatic heterocycles. The molecule has 2 N–H and O–H groups in total. The average molecular weight is 403 g/mol. The molecule has 1 aromatic carbocycles. The minimum Gasteiger partial charge on any atom is -0.353 e. The van der Waals surface area contributed by atoms with Gasteiger partial charge < -0.3 is 10.6 Å². The van der Waals surface area contributed by atoms with E-state index in [9.17, 15) is 13.2 Å². The smallest absolute Gasteiger partial charge is 0.241 e. The lowest BCUT2D eigenvalue weighted by Gasteiger charge is -2.29. The Labute approximate surface area is 163 Å². The molecule has 1 aliphatic rings. The third-order valence-electron chi connectivity index (χ3n) is 5.09. The van der Waals surface area contributed by atoms with Crippen molar-refractivity contribution in [3.05, 3.63) is 29.3 Å². The van der Waals surface area contributed by atoms with Crippen LogP contribution in [0.4, 0.5) is 0 Å². The highest BCUT2D eigenvalue weighted by Crippen LogP contribution is 2.41. The fraction of sp³-hybridized carbons (Fsp3) is 0.632. The Morgan fingerprint density at radius 2 is 1.85 bits per heavy atom. The Bertz CT molecular complexity index is 728. The summed E-state index contributed by atoms with van der Waals surface area (Å²) in [4.78, 5) is 13.3. The molecule has 2 rings (SSSR count). The van der Waals surface area contributed by atoms with Crippen molar-refractivity contribution in [2.24, 2.45) is 0 Å². The van der Waals surface area contributed by atoms with E-state index in [-0.39, 0.29) is 24.4 Å². The first-order chi connectivity index (χ1) is 11.7. The van der Waals surface area contributed by atoms with Crippen LogP contribution in [0.25, 0.3) is 0 Å². The van der Waals surface area contributed by atoms with Crippen LogP contribution in [0.2, 0.25) is 0 Å². The van der Waals surface area contributed by atoms with Crippen molar-refractivity contribution in [2.75, 3.05) is 13.1 Å². The Balaban J connectivity index is 0.00000338. The van der Waals surface area contributed by atoms with E-state index in [0.717, 1.165) is 24.9 Å². The third kappa shape index (κ3) is 4.41. The standard InChI is InChI=1S/C19H30N2O3S.ClH/c1-5-20-16(4)13-21-18(22)19(10-6-7-11-19)25(23,24)17-12-14(2)8-9-15(17)3;/h8-9,12,16,20H,5-7,10-11,13H2,1-4H3,(H,21,22);1H/t16-;/m1./s1. The van der Waals surface area contributed by atoms with Crippen molar-refractivity contribution in [1.82, 2.24) is 10.6 Å². The number of rotatable bonds is 7. The Morgan fingerprint density at radius 3 is 2.42 bits per heavy atom. The Kier molecular flexibility index (Phi) is 8.11. The highest BCUT2D eigenvalue weighted by molar-refractivity contribution is 7.93. The average Bonchev–Trinajstić information content (AvgIpc) is 3.06. The molecule has 0 aromatic heterocycles. The van der Waals surface area contributed by atoms with Gasteiger partial charge in [-0.2, -0.15) is 0 Å². The number of carbonyl (C=O) groups excluding carboxylic acids is 1. The largest absolute Gasteiger partial charge is 0.353 e. The topological polar surface area (TPSA) is 75.3 Å². The fourth-order valence-corrected chi connectivity index (χ4v) is 6.00. The minimum atomic E-state index is -3.75. The van der Waals surface area contributed by atoms with Gasteiger partial charge in [0.2, 0.25) is 5.91 Å². The maximum atomic E-state index is 13.5. The predicted molar refractivity (Wildman–Crippen MR) is 108 cm³/mol. The molecular weight excluding hydrogens is 372 g/mol. The molecular formula is C19H31ClN2O3S. The minimum absolute atomic E-state index is 0. The van der Waals surface area contributed by atoms with Crippen molar-refractivity contribution >= 4 is 28.2 Å². The van der Waals surface area contributed by atoms with E-state index in [1.165, 1.54) is 0 Å². The highest BCUT2D eigenvalue weighted by Gasteiger charge is 2.53. The molecule has 148 valence electrons. The first-order valence-corrected chi connectivity index (χ1v) is 10.6. The number of carbonyl (C=O) groups is 1. The number of hydrogen-bond donors (Lipinski definition) is 2. The van der Waals surface area contributed by atoms with E-state index in [1.54, 1.807) is 13.0 Å². The molecule has 5 nitrogen and oxygen atoms in total. The van der Waals surface area contributed by atoms with Gasteiger partial charge in [-0.1, -0.05) is 31.9 Å². The molecule has 26 heavy (non-hydrogen) atoms. The van der Waals surface area contributed by atoms with E-state index in [2.05, 4.69) is 10.6 Å². The van der Waals surface area contributed by atoms with Crippen molar-refractivity contribution in [3.8, 4) is 0 Å². The number of nitrogens with one attached hydrogen (secondary N) is 2. The molecule has 1 aliphatic carbocycles. The van der Waals surface area contributed by atoms with Crippen molar-refractivity contribution in [2.45, 2.75) is 69.1 Å². The number of hydrogen-bond acceptors (Lipinski definition) is 4. The van der Waals surface area contributed by atoms with Crippen LogP contribution in [0.15, 0.2) is 23.1 Å². The maximum Gasteiger partial charge on any atom is 0.241 e. The molecule has 1 aromatic rings. The van der Waals surface area contributed by atoms with E-state index in [1.807, 2.05) is 32.9 Å². The summed E-state index contributed by atoms with van der Waals surface area (Å²) < 4.78 is 25.6. The van der Waals surface area contributed by atoms with E-state index in [4.69, 9.17) is 0 Å². The zero-order valence-electron chi connectivity index (χ0n) is 16.1. The first kappa shape index (κ1) is 22.9. The van der Waals surface area contributed by atoms with Gasteiger partial charge in [0.05, 0.1) is 4.90 Å². The molecule has 7 heteroatoms. The van der Waals surface area contributed by atoms with Crippen LogP contribution < -0.4 is 10.6 Å². The second-order valence-corrected chi connectivity index (χ2v) is 9.37. The van der Waals surface area contributed by atoms with E-state index < -0.39 is 14.6 Å². The van der Waals surface area contributed by atoms with Crippen LogP contribution in [0.5, 0.6) is 0 Å². The monoisotopic (exact) mass is 402 g/mol. The maximum absolute atomic E-state index is 13.5. The molecule has 0 bridgehead atoms. The van der Waals surface area contributed by atoms with Crippen LogP contribution in [0.1, 0.15) is 50.7 Å². The molecule has 1 amide bonds. The molecule has 0 saturated heterocycles. The molecule has 1 fully saturated rings. The number of amides is 1. The van der Waals surface area contributed by atoms with Gasteiger partial charge in [0.25, 0.3) is 0 Å². The number of sulfone groups is 1. The zero-order chi connectivity index (χ0) is 18.7. The molecule has 0 spiro atoms. The Hall–Kier alpha value is -1.11. The van der Waals surface area contributed by atoms with Crippen molar-refractivity contribution in [3.63, 3.8) is 0 Å². The number of likely N-dealkylation sites (N-methyl/N-ethyl adjacent to an activating group) is 1. The van der Waals surface area contributed by atoms with Gasteiger partial charge in [-0.25, -0.2) is 8.42 Å². The second kappa shape index (κ2) is 9.20. The summed E-state index contributed by atoms with van der Waals surface area (Å²) in [6, 6.07) is 5.51. The van der Waals surface area contributed by atoms with Gasteiger partial charge in [0.15, 0.2) is 14.6 Å². The first-order valence-electron chi connectivity index (χ1n) is 9.08. The summed E-state index contributed by atoms with van der Waals surface area (Å²) in [7, 11) is -3.75. The lowest BCUT2D eigenvalue weighted by molar-refractivity contribution is -0.123. The number of halogens is 1. The molecule has 1 atom stereocenters. The van der Waals surface area contributed by atoms with Crippen molar-refractivity contribution < 1.29 is 13.2 Å². The predicted octanol–water partition coefficient (Wildman–Crippen LogP) is 2.93. The molecule has 0 radical (unpaired) electrons. The lowest BCUT2D eigenvalue weighted by Crippen LogP contribution is -2.53. The van der Waals surface area contributed by atoms with Crippen LogP contribution >= 0.6 is 12.4 Å². The molecule has 0 unspecified atom stereocenters. The summed E-state index contributed by atoms with van der Waals surface area (Å²) >= 11 is 0. The summed E-state index contributed by atoms with van der Waals surface area (Å²) in [5.74, 6) is -0.351. The van der Waals surface area contributed by atoms with Gasteiger partial charge in [-0.15, -0.1) is 12.4 Å². The quantitative estimate of drug-likeness (QED) is 0.735. The van der Waals surface area contributed by atoms with E-state index in [0.29, 0.717) is 29.8 Å². The van der Waals surface area contributed by atoms with Gasteiger partial charge >= 0.3 is 0 Å². The normalized spacial score (nSPS) is 17.4. The summed E-state index contributed by atoms with van der Waals surface area (Å²) in [6.45, 7) is 8.88. The summed E-state index contributed by atoms with van der Waals surface area (Å²) in [5.41, 5.74) is 1.59. The van der Waals surface area contributed by atoms with Gasteiger partial charge in [-0.05, 0) is 57.4 Å². The summed E-state index contributed by atoms with van der Waals surface area (Å²) in [6.07, 6.45) is 2.31. The van der Waals surface area contributed by atoms with E-state index >= 15 is 0 Å². The SMILES string of the molecule is CCN[C@H](C)CNC(=O)C1(S(=O)(=O)c2cc(C)ccc2C)CCCC1.Cl. The Morgan fingerprint density at radius 1 is 1.23 bits per heavy atom. The van der Waals surface area contributed by atoms with Crippen LogP contribution in [-0.4, -0.2) is 38.2 Å². The van der Waals surface area contributed by atoms with Crippen LogP contribution in [0, 0.1) is 13.8 Å². The van der Waals surface area contributed by atoms with Gasteiger partial charge in [0.1, 0.15) is 0 Å². The number of benzene rings is 1. The second-order valence-electron chi connectivity index (χ2n) is 7.14. The molecule has 0 heterocycles. The van der Waals surface area contributed by atoms with Gasteiger partial charge in [0, 0.05) is 12.6 Å². The summed E-state index contributed by atoms with van der Waals surface area (Å²) in [5, 5.41) is 6.11. The molecule has 1 saturated carbocycles. The highest BCUT2D eigenvalue weighted by atomic mass is 35.5. The fourth-order valence-electron chi connectivity index (χ4n) is 3.60. The van der Waals surface area contributed by atoms with Crippen LogP contribution in [-0.2, 0) is 14.6 Å².